The molecule has 2 aliphatic rings. The Bertz CT molecular complexity index is 1380. The maximum atomic E-state index is 5.55. The van der Waals surface area contributed by atoms with Crippen LogP contribution in [0.2, 0.25) is 0 Å². The van der Waals surface area contributed by atoms with Crippen molar-refractivity contribution in [2.24, 2.45) is 0 Å². The van der Waals surface area contributed by atoms with E-state index < -0.39 is 0 Å². The molecule has 3 aromatic heterocycles. The molecule has 4 heterocycles. The summed E-state index contributed by atoms with van der Waals surface area (Å²) >= 11 is 1.48. The molecule has 1 saturated carbocycles. The fraction of sp³-hybridized carbons (Fsp3) is 0.464. The molecule has 0 unspecified atom stereocenters. The Balaban J connectivity index is 1.18. The second kappa shape index (κ2) is 12.4. The molecule has 1 aliphatic carbocycles. The van der Waals surface area contributed by atoms with Gasteiger partial charge >= 0.3 is 0 Å². The first kappa shape index (κ1) is 26.8. The number of hydrogen-bond donors (Lipinski definition) is 2. The molecule has 2 fully saturated rings. The van der Waals surface area contributed by atoms with Gasteiger partial charge in [0, 0.05) is 31.7 Å². The molecule has 1 saturated heterocycles. The van der Waals surface area contributed by atoms with Crippen molar-refractivity contribution in [2.75, 3.05) is 51.0 Å². The van der Waals surface area contributed by atoms with Crippen LogP contribution in [0.4, 0.5) is 16.8 Å². The van der Waals surface area contributed by atoms with E-state index in [1.54, 1.807) is 6.20 Å². The maximum absolute atomic E-state index is 5.55. The highest BCUT2D eigenvalue weighted by atomic mass is 32.1. The summed E-state index contributed by atoms with van der Waals surface area (Å²) in [5.74, 6) is 2.22. The number of para-hydroxylation sites is 1. The van der Waals surface area contributed by atoms with Crippen molar-refractivity contribution in [3.8, 4) is 16.4 Å². The largest absolute Gasteiger partial charge is 0.379 e. The number of tetrazole rings is 1. The van der Waals surface area contributed by atoms with Gasteiger partial charge in [-0.1, -0.05) is 29.5 Å². The van der Waals surface area contributed by atoms with Crippen molar-refractivity contribution in [1.82, 2.24) is 40.0 Å². The van der Waals surface area contributed by atoms with Gasteiger partial charge in [-0.25, -0.2) is 9.97 Å². The van der Waals surface area contributed by atoms with Gasteiger partial charge in [-0.3, -0.25) is 4.90 Å². The molecule has 2 N–H and O–H groups in total. The van der Waals surface area contributed by atoms with Crippen molar-refractivity contribution >= 4 is 28.1 Å². The number of morpholine rings is 1. The van der Waals surface area contributed by atoms with Crippen LogP contribution >= 0.6 is 11.3 Å². The van der Waals surface area contributed by atoms with Crippen LogP contribution in [0.25, 0.3) is 16.4 Å². The smallest absolute Gasteiger partial charge is 0.216 e. The van der Waals surface area contributed by atoms with Gasteiger partial charge in [0.05, 0.1) is 30.0 Å². The van der Waals surface area contributed by atoms with Gasteiger partial charge < -0.3 is 20.3 Å². The Morgan fingerprint density at radius 1 is 1.02 bits per heavy atom. The molecule has 40 heavy (non-hydrogen) atoms. The molecule has 0 bridgehead atoms. The lowest BCUT2D eigenvalue weighted by molar-refractivity contribution is 0.0342. The minimum atomic E-state index is 0.431. The van der Waals surface area contributed by atoms with Crippen LogP contribution in [0.3, 0.4) is 0 Å². The molecule has 0 spiro atoms. The second-order valence-electron chi connectivity index (χ2n) is 10.6. The van der Waals surface area contributed by atoms with Crippen LogP contribution in [0.15, 0.2) is 48.7 Å². The van der Waals surface area contributed by atoms with Gasteiger partial charge in [-0.05, 0) is 74.8 Å². The maximum Gasteiger partial charge on any atom is 0.216 e. The molecule has 0 radical (unpaired) electrons. The standard InChI is InChI=1S/C28H36N10OS/c1-36(2)22-10-8-21(9-11-22)30-25-16-20(19-37-12-14-39-15-13-37)17-26(31-25)32-28-29-18-24(40-28)27-33-35-38(34-27)23-6-4-3-5-7-23/h3-7,16-18,21-22H,8-15,19H2,1-2H3,(H2,29,30,31,32). The van der Waals surface area contributed by atoms with Crippen LogP contribution in [-0.2, 0) is 11.3 Å². The molecule has 1 aromatic carbocycles. The minimum Gasteiger partial charge on any atom is -0.379 e. The van der Waals surface area contributed by atoms with E-state index >= 15 is 0 Å². The van der Waals surface area contributed by atoms with Gasteiger partial charge in [0.2, 0.25) is 5.82 Å². The van der Waals surface area contributed by atoms with E-state index in [1.165, 1.54) is 34.5 Å². The Kier molecular flexibility index (Phi) is 8.28. The summed E-state index contributed by atoms with van der Waals surface area (Å²) in [6.45, 7) is 4.30. The van der Waals surface area contributed by atoms with E-state index in [1.807, 2.05) is 30.3 Å². The third-order valence-electron chi connectivity index (χ3n) is 7.54. The number of thiazole rings is 1. The summed E-state index contributed by atoms with van der Waals surface area (Å²) < 4.78 is 5.55. The summed E-state index contributed by atoms with van der Waals surface area (Å²) in [5, 5.41) is 20.9. The third-order valence-corrected chi connectivity index (χ3v) is 8.44. The Hall–Kier alpha value is -3.45. The Morgan fingerprint density at radius 3 is 2.58 bits per heavy atom. The number of aromatic nitrogens is 6. The summed E-state index contributed by atoms with van der Waals surface area (Å²) in [4.78, 5) is 16.7. The first-order chi connectivity index (χ1) is 19.6. The zero-order valence-corrected chi connectivity index (χ0v) is 23.8. The number of hydrogen-bond acceptors (Lipinski definition) is 11. The lowest BCUT2D eigenvalue weighted by Gasteiger charge is -2.33. The number of ether oxygens (including phenoxy) is 1. The van der Waals surface area contributed by atoms with Crippen LogP contribution in [0.5, 0.6) is 0 Å². The quantitative estimate of drug-likeness (QED) is 0.311. The highest BCUT2D eigenvalue weighted by Gasteiger charge is 2.23. The monoisotopic (exact) mass is 560 g/mol. The average molecular weight is 561 g/mol. The predicted octanol–water partition coefficient (Wildman–Crippen LogP) is 4.04. The normalized spacial score (nSPS) is 20.1. The fourth-order valence-corrected chi connectivity index (χ4v) is 6.06. The van der Waals surface area contributed by atoms with Gasteiger partial charge in [0.15, 0.2) is 5.13 Å². The molecular formula is C28H36N10OS. The molecule has 0 atom stereocenters. The van der Waals surface area contributed by atoms with Gasteiger partial charge in [0.25, 0.3) is 0 Å². The SMILES string of the molecule is CN(C)C1CCC(Nc2cc(CN3CCOCC3)cc(Nc3ncc(-c4nnn(-c5ccccc5)n4)s3)n2)CC1. The molecule has 210 valence electrons. The van der Waals surface area contributed by atoms with E-state index in [4.69, 9.17) is 9.72 Å². The number of nitrogens with zero attached hydrogens (tertiary/aromatic N) is 8. The Morgan fingerprint density at radius 2 is 1.80 bits per heavy atom. The summed E-state index contributed by atoms with van der Waals surface area (Å²) in [6.07, 6.45) is 6.47. The van der Waals surface area contributed by atoms with Crippen molar-refractivity contribution in [3.05, 3.63) is 54.2 Å². The summed E-state index contributed by atoms with van der Waals surface area (Å²) in [5.41, 5.74) is 2.08. The average Bonchev–Trinajstić information content (AvgIpc) is 3.65. The molecule has 0 amide bonds. The van der Waals surface area contributed by atoms with E-state index in [9.17, 15) is 0 Å². The first-order valence-corrected chi connectivity index (χ1v) is 14.7. The predicted molar refractivity (Wildman–Crippen MR) is 157 cm³/mol. The molecule has 11 nitrogen and oxygen atoms in total. The van der Waals surface area contributed by atoms with E-state index in [0.29, 0.717) is 17.9 Å². The van der Waals surface area contributed by atoms with Crippen molar-refractivity contribution in [1.29, 1.82) is 0 Å². The van der Waals surface area contributed by atoms with Crippen LogP contribution in [0.1, 0.15) is 31.2 Å². The van der Waals surface area contributed by atoms with E-state index in [-0.39, 0.29) is 0 Å². The number of benzene rings is 1. The lowest BCUT2D eigenvalue weighted by atomic mass is 9.90. The minimum absolute atomic E-state index is 0.431. The summed E-state index contributed by atoms with van der Waals surface area (Å²) in [7, 11) is 4.36. The molecule has 4 aromatic rings. The lowest BCUT2D eigenvalue weighted by Crippen LogP contribution is -2.36. The third kappa shape index (κ3) is 6.64. The van der Waals surface area contributed by atoms with Gasteiger partial charge in [0.1, 0.15) is 11.6 Å². The van der Waals surface area contributed by atoms with Crippen LogP contribution in [0, 0.1) is 0 Å². The number of pyridine rings is 1. The molecule has 1 aliphatic heterocycles. The highest BCUT2D eigenvalue weighted by molar-refractivity contribution is 7.18. The Labute approximate surface area is 238 Å². The number of nitrogens with one attached hydrogen (secondary N) is 2. The number of anilines is 3. The van der Waals surface area contributed by atoms with E-state index in [2.05, 4.69) is 67.1 Å². The molecular weight excluding hydrogens is 524 g/mol. The second-order valence-corrected chi connectivity index (χ2v) is 11.7. The first-order valence-electron chi connectivity index (χ1n) is 13.9. The van der Waals surface area contributed by atoms with Crippen LogP contribution in [-0.4, -0.2) is 92.5 Å². The fourth-order valence-electron chi connectivity index (χ4n) is 5.31. The molecule has 6 rings (SSSR count). The van der Waals surface area contributed by atoms with Crippen molar-refractivity contribution in [3.63, 3.8) is 0 Å². The summed E-state index contributed by atoms with van der Waals surface area (Å²) in [6, 6.07) is 15.2. The number of rotatable bonds is 9. The zero-order valence-electron chi connectivity index (χ0n) is 23.0. The van der Waals surface area contributed by atoms with Gasteiger partial charge in [-0.2, -0.15) is 0 Å². The van der Waals surface area contributed by atoms with Crippen LogP contribution < -0.4 is 10.6 Å². The van der Waals surface area contributed by atoms with Crippen molar-refractivity contribution < 1.29 is 4.74 Å². The van der Waals surface area contributed by atoms with Gasteiger partial charge in [-0.15, -0.1) is 15.0 Å². The highest BCUT2D eigenvalue weighted by Crippen LogP contribution is 2.30. The molecule has 12 heteroatoms. The van der Waals surface area contributed by atoms with Crippen molar-refractivity contribution in [2.45, 2.75) is 44.3 Å². The topological polar surface area (TPSA) is 109 Å². The zero-order chi connectivity index (χ0) is 27.3. The van der Waals surface area contributed by atoms with E-state index in [0.717, 1.165) is 73.0 Å².